The highest BCUT2D eigenvalue weighted by molar-refractivity contribution is 7.89. The molecule has 0 saturated carbocycles. The highest BCUT2D eigenvalue weighted by Crippen LogP contribution is 2.25. The molecule has 0 radical (unpaired) electrons. The first kappa shape index (κ1) is 16.1. The van der Waals surface area contributed by atoms with E-state index in [2.05, 4.69) is 0 Å². The first-order valence-electron chi connectivity index (χ1n) is 6.60. The topological polar surface area (TPSA) is 61.2 Å². The fourth-order valence-corrected chi connectivity index (χ4v) is 3.38. The van der Waals surface area contributed by atoms with Gasteiger partial charge in [0.25, 0.3) is 0 Å². The molecule has 0 aliphatic carbocycles. The molecule has 2 aromatic carbocycles. The number of hydrogen-bond acceptors (Lipinski definition) is 3. The summed E-state index contributed by atoms with van der Waals surface area (Å²) in [5.74, 6) is -0.367. The molecular weight excluding hydrogens is 303 g/mol. The summed E-state index contributed by atoms with van der Waals surface area (Å²) in [6, 6.07) is 13.0. The van der Waals surface area contributed by atoms with E-state index in [0.29, 0.717) is 11.1 Å². The van der Waals surface area contributed by atoms with Gasteiger partial charge in [-0.15, -0.1) is 0 Å². The van der Waals surface area contributed by atoms with Gasteiger partial charge < -0.3 is 0 Å². The fraction of sp³-hybridized carbons (Fsp3) is 0.188. The van der Waals surface area contributed by atoms with E-state index in [-0.39, 0.29) is 10.7 Å². The van der Waals surface area contributed by atoms with Gasteiger partial charge in [0.2, 0.25) is 10.0 Å². The summed E-state index contributed by atoms with van der Waals surface area (Å²) in [6.07, 6.45) is 0. The molecule has 0 spiro atoms. The smallest absolute Gasteiger partial charge is 0.207 e. The maximum atomic E-state index is 13.0. The molecule has 0 fully saturated rings. The Labute approximate surface area is 129 Å². The van der Waals surface area contributed by atoms with Crippen molar-refractivity contribution in [3.8, 4) is 6.07 Å². The third-order valence-electron chi connectivity index (χ3n) is 3.56. The highest BCUT2D eigenvalue weighted by atomic mass is 32.2. The van der Waals surface area contributed by atoms with Gasteiger partial charge in [0, 0.05) is 13.1 Å². The second kappa shape index (κ2) is 6.26. The molecule has 114 valence electrons. The number of nitrogens with zero attached hydrogens (tertiary/aromatic N) is 2. The minimum Gasteiger partial charge on any atom is -0.207 e. The SMILES string of the molecule is CC(c1ccc(F)cc1)N(C)S(=O)(=O)c1ccc(C#N)cc1. The molecule has 0 heterocycles. The summed E-state index contributed by atoms with van der Waals surface area (Å²) >= 11 is 0. The van der Waals surface area contributed by atoms with Gasteiger partial charge in [-0.25, -0.2) is 12.8 Å². The van der Waals surface area contributed by atoms with Crippen LogP contribution in [0.4, 0.5) is 4.39 Å². The van der Waals surface area contributed by atoms with Crippen LogP contribution in [0.15, 0.2) is 53.4 Å². The van der Waals surface area contributed by atoms with Crippen molar-refractivity contribution in [1.82, 2.24) is 4.31 Å². The van der Waals surface area contributed by atoms with Crippen molar-refractivity contribution in [2.45, 2.75) is 17.9 Å². The predicted molar refractivity (Wildman–Crippen MR) is 80.9 cm³/mol. The minimum absolute atomic E-state index is 0.114. The lowest BCUT2D eigenvalue weighted by atomic mass is 10.1. The lowest BCUT2D eigenvalue weighted by Gasteiger charge is -2.24. The molecule has 2 aromatic rings. The van der Waals surface area contributed by atoms with E-state index in [0.717, 1.165) is 0 Å². The normalized spacial score (nSPS) is 12.9. The standard InChI is InChI=1S/C16H15FN2O2S/c1-12(14-5-7-15(17)8-6-14)19(2)22(20,21)16-9-3-13(11-18)4-10-16/h3-10,12H,1-2H3. The monoisotopic (exact) mass is 318 g/mol. The van der Waals surface area contributed by atoms with Gasteiger partial charge >= 0.3 is 0 Å². The Morgan fingerprint density at radius 3 is 2.14 bits per heavy atom. The summed E-state index contributed by atoms with van der Waals surface area (Å²) in [7, 11) is -2.22. The lowest BCUT2D eigenvalue weighted by Crippen LogP contribution is -2.29. The van der Waals surface area contributed by atoms with Crippen LogP contribution in [0.1, 0.15) is 24.1 Å². The van der Waals surface area contributed by atoms with Crippen LogP contribution in [0.25, 0.3) is 0 Å². The molecule has 0 aromatic heterocycles. The zero-order valence-corrected chi connectivity index (χ0v) is 13.0. The molecule has 1 unspecified atom stereocenters. The lowest BCUT2D eigenvalue weighted by molar-refractivity contribution is 0.398. The van der Waals surface area contributed by atoms with Gasteiger partial charge in [-0.3, -0.25) is 0 Å². The molecule has 0 saturated heterocycles. The molecule has 0 N–H and O–H groups in total. The van der Waals surface area contributed by atoms with Crippen molar-refractivity contribution in [2.24, 2.45) is 0 Å². The van der Waals surface area contributed by atoms with Crippen molar-refractivity contribution in [3.05, 3.63) is 65.5 Å². The summed E-state index contributed by atoms with van der Waals surface area (Å²) in [5.41, 5.74) is 1.09. The van der Waals surface area contributed by atoms with Gasteiger partial charge in [0.05, 0.1) is 16.5 Å². The van der Waals surface area contributed by atoms with Crippen LogP contribution >= 0.6 is 0 Å². The number of sulfonamides is 1. The number of rotatable bonds is 4. The van der Waals surface area contributed by atoms with Crippen LogP contribution in [0.2, 0.25) is 0 Å². The predicted octanol–water partition coefficient (Wildman–Crippen LogP) is 3.08. The van der Waals surface area contributed by atoms with E-state index in [4.69, 9.17) is 5.26 Å². The molecule has 4 nitrogen and oxygen atoms in total. The Bertz CT molecular complexity index is 794. The molecule has 0 aliphatic heterocycles. The van der Waals surface area contributed by atoms with Crippen molar-refractivity contribution >= 4 is 10.0 Å². The third-order valence-corrected chi connectivity index (χ3v) is 5.50. The number of benzene rings is 2. The van der Waals surface area contributed by atoms with E-state index in [9.17, 15) is 12.8 Å². The zero-order valence-electron chi connectivity index (χ0n) is 12.2. The summed E-state index contributed by atoms with van der Waals surface area (Å²) in [6.45, 7) is 1.73. The van der Waals surface area contributed by atoms with E-state index < -0.39 is 16.1 Å². The van der Waals surface area contributed by atoms with Crippen molar-refractivity contribution < 1.29 is 12.8 Å². The van der Waals surface area contributed by atoms with Gasteiger partial charge in [0.1, 0.15) is 5.82 Å². The van der Waals surface area contributed by atoms with E-state index >= 15 is 0 Å². The number of nitriles is 1. The van der Waals surface area contributed by atoms with Crippen molar-refractivity contribution in [3.63, 3.8) is 0 Å². The number of halogens is 1. The molecule has 0 amide bonds. The molecule has 1 atom stereocenters. The van der Waals surface area contributed by atoms with Gasteiger partial charge in [0.15, 0.2) is 0 Å². The summed E-state index contributed by atoms with van der Waals surface area (Å²) in [4.78, 5) is 0.114. The summed E-state index contributed by atoms with van der Waals surface area (Å²) < 4.78 is 39.4. The second-order valence-electron chi connectivity index (χ2n) is 4.88. The fourth-order valence-electron chi connectivity index (χ4n) is 2.03. The van der Waals surface area contributed by atoms with Gasteiger partial charge in [-0.05, 0) is 48.9 Å². The largest absolute Gasteiger partial charge is 0.243 e. The van der Waals surface area contributed by atoms with Crippen LogP contribution < -0.4 is 0 Å². The average molecular weight is 318 g/mol. The Balaban J connectivity index is 2.31. The van der Waals surface area contributed by atoms with Crippen LogP contribution in [0.5, 0.6) is 0 Å². The Morgan fingerprint density at radius 2 is 1.64 bits per heavy atom. The van der Waals surface area contributed by atoms with E-state index in [1.54, 1.807) is 19.1 Å². The molecule has 0 aliphatic rings. The molecule has 0 bridgehead atoms. The zero-order chi connectivity index (χ0) is 16.3. The van der Waals surface area contributed by atoms with Crippen LogP contribution in [-0.4, -0.2) is 19.8 Å². The number of hydrogen-bond donors (Lipinski definition) is 0. The maximum Gasteiger partial charge on any atom is 0.243 e. The van der Waals surface area contributed by atoms with E-state index in [1.807, 2.05) is 6.07 Å². The molecule has 22 heavy (non-hydrogen) atoms. The second-order valence-corrected chi connectivity index (χ2v) is 6.88. The van der Waals surface area contributed by atoms with Crippen LogP contribution in [0, 0.1) is 17.1 Å². The Kier molecular flexibility index (Phi) is 4.59. The molecule has 2 rings (SSSR count). The summed E-state index contributed by atoms with van der Waals surface area (Å²) in [5, 5.41) is 8.76. The molecule has 6 heteroatoms. The average Bonchev–Trinajstić information content (AvgIpc) is 2.54. The highest BCUT2D eigenvalue weighted by Gasteiger charge is 2.26. The van der Waals surface area contributed by atoms with Crippen molar-refractivity contribution in [2.75, 3.05) is 7.05 Å². The Hall–Kier alpha value is -2.23. The Morgan fingerprint density at radius 1 is 1.09 bits per heavy atom. The van der Waals surface area contributed by atoms with Crippen LogP contribution in [-0.2, 0) is 10.0 Å². The molecular formula is C16H15FN2O2S. The van der Waals surface area contributed by atoms with Gasteiger partial charge in [-0.1, -0.05) is 12.1 Å². The van der Waals surface area contributed by atoms with Crippen molar-refractivity contribution in [1.29, 1.82) is 5.26 Å². The first-order chi connectivity index (χ1) is 10.4. The quantitative estimate of drug-likeness (QED) is 0.870. The van der Waals surface area contributed by atoms with E-state index in [1.165, 1.54) is 47.8 Å². The van der Waals surface area contributed by atoms with Crippen LogP contribution in [0.3, 0.4) is 0 Å². The minimum atomic E-state index is -3.69. The van der Waals surface area contributed by atoms with Gasteiger partial charge in [-0.2, -0.15) is 9.57 Å². The maximum absolute atomic E-state index is 13.0. The third kappa shape index (κ3) is 3.16. The first-order valence-corrected chi connectivity index (χ1v) is 8.04.